The molecule has 0 spiro atoms. The van der Waals surface area contributed by atoms with Gasteiger partial charge in [0.15, 0.2) is 0 Å². The number of tetrazole rings is 1. The molecule has 1 saturated heterocycles. The number of hydrogen-bond donors (Lipinski definition) is 1. The Balaban J connectivity index is 1.61. The van der Waals surface area contributed by atoms with Crippen LogP contribution >= 0.6 is 23.5 Å². The second-order valence-corrected chi connectivity index (χ2v) is 6.47. The lowest BCUT2D eigenvalue weighted by Gasteiger charge is -2.41. The Hall–Kier alpha value is -1.55. The number of aliphatic carboxylic acids is 1. The number of carbonyl (C=O) groups excluding carboxylic acids is 1. The molecular formula is C10H11N5O3S2. The number of fused-ring (bicyclic) bond motifs is 1. The SMILES string of the molecule is O=C(O)Cn1nnnc1SCC1=CN2C(=O)C[C@H]2SC1. The van der Waals surface area contributed by atoms with Crippen molar-refractivity contribution < 1.29 is 14.7 Å². The molecule has 10 heteroatoms. The van der Waals surface area contributed by atoms with Crippen LogP contribution in [-0.2, 0) is 16.1 Å². The molecule has 2 aliphatic rings. The molecule has 2 aliphatic heterocycles. The zero-order chi connectivity index (χ0) is 14.1. The summed E-state index contributed by atoms with van der Waals surface area (Å²) in [6.45, 7) is -0.254. The van der Waals surface area contributed by atoms with Gasteiger partial charge in [0.05, 0.1) is 11.8 Å². The maximum Gasteiger partial charge on any atom is 0.325 e. The Morgan fingerprint density at radius 3 is 3.20 bits per heavy atom. The third-order valence-electron chi connectivity index (χ3n) is 2.90. The highest BCUT2D eigenvalue weighted by Gasteiger charge is 2.37. The normalized spacial score (nSPS) is 21.2. The maximum absolute atomic E-state index is 11.4. The lowest BCUT2D eigenvalue weighted by molar-refractivity contribution is -0.138. The van der Waals surface area contributed by atoms with Gasteiger partial charge in [-0.05, 0) is 16.0 Å². The Kier molecular flexibility index (Phi) is 3.66. The predicted molar refractivity (Wildman–Crippen MR) is 72.0 cm³/mol. The summed E-state index contributed by atoms with van der Waals surface area (Å²) in [5.41, 5.74) is 1.12. The Labute approximate surface area is 122 Å². The van der Waals surface area contributed by atoms with Crippen LogP contribution in [0.3, 0.4) is 0 Å². The van der Waals surface area contributed by atoms with Crippen LogP contribution in [0.5, 0.6) is 0 Å². The van der Waals surface area contributed by atoms with Gasteiger partial charge >= 0.3 is 5.97 Å². The van der Waals surface area contributed by atoms with Crippen LogP contribution in [0.2, 0.25) is 0 Å². The summed E-state index contributed by atoms with van der Waals surface area (Å²) in [7, 11) is 0. The fourth-order valence-corrected chi connectivity index (χ4v) is 4.04. The standard InChI is InChI=1S/C10H11N5O3S2/c16-7-1-8-14(7)2-6(4-19-8)5-20-10-11-12-13-15(10)3-9(17)18/h2,8H,1,3-5H2,(H,17,18)/t8-/m1/s1. The summed E-state index contributed by atoms with van der Waals surface area (Å²) in [5, 5.41) is 20.4. The summed E-state index contributed by atoms with van der Waals surface area (Å²) in [5.74, 6) is 0.687. The van der Waals surface area contributed by atoms with E-state index in [2.05, 4.69) is 15.5 Å². The van der Waals surface area contributed by atoms with Crippen LogP contribution in [0, 0.1) is 0 Å². The van der Waals surface area contributed by atoms with Gasteiger partial charge in [0, 0.05) is 17.7 Å². The number of carbonyl (C=O) groups is 2. The van der Waals surface area contributed by atoms with Gasteiger partial charge in [-0.15, -0.1) is 16.9 Å². The molecular weight excluding hydrogens is 302 g/mol. The molecule has 1 fully saturated rings. The first-order chi connectivity index (χ1) is 9.63. The van der Waals surface area contributed by atoms with E-state index in [-0.39, 0.29) is 12.5 Å². The molecule has 1 N–H and O–H groups in total. The van der Waals surface area contributed by atoms with E-state index < -0.39 is 5.97 Å². The van der Waals surface area contributed by atoms with E-state index in [9.17, 15) is 9.59 Å². The number of nitrogens with zero attached hydrogens (tertiary/aromatic N) is 5. The summed E-state index contributed by atoms with van der Waals surface area (Å²) >= 11 is 3.12. The molecule has 3 rings (SSSR count). The summed E-state index contributed by atoms with van der Waals surface area (Å²) < 4.78 is 1.25. The van der Waals surface area contributed by atoms with E-state index in [4.69, 9.17) is 5.11 Å². The predicted octanol–water partition coefficient (Wildman–Crippen LogP) is 0.0389. The minimum atomic E-state index is -0.986. The van der Waals surface area contributed by atoms with Crippen LogP contribution in [0.15, 0.2) is 16.9 Å². The number of aromatic nitrogens is 4. The number of hydrogen-bond acceptors (Lipinski definition) is 7. The average molecular weight is 313 g/mol. The minimum absolute atomic E-state index is 0.153. The largest absolute Gasteiger partial charge is 0.480 e. The zero-order valence-electron chi connectivity index (χ0n) is 10.3. The fourth-order valence-electron chi connectivity index (χ4n) is 1.90. The first-order valence-electron chi connectivity index (χ1n) is 5.86. The van der Waals surface area contributed by atoms with Crippen LogP contribution in [0.4, 0.5) is 0 Å². The zero-order valence-corrected chi connectivity index (χ0v) is 11.9. The van der Waals surface area contributed by atoms with Crippen LogP contribution in [-0.4, -0.2) is 59.0 Å². The fraction of sp³-hybridized carbons (Fsp3) is 0.500. The third kappa shape index (κ3) is 2.66. The van der Waals surface area contributed by atoms with E-state index in [1.54, 1.807) is 16.7 Å². The highest BCUT2D eigenvalue weighted by atomic mass is 32.2. The van der Waals surface area contributed by atoms with Crippen molar-refractivity contribution in [3.8, 4) is 0 Å². The van der Waals surface area contributed by atoms with Gasteiger partial charge in [-0.2, -0.15) is 0 Å². The van der Waals surface area contributed by atoms with Crippen LogP contribution in [0.1, 0.15) is 6.42 Å². The lowest BCUT2D eigenvalue weighted by atomic mass is 10.2. The first-order valence-corrected chi connectivity index (χ1v) is 7.90. The molecule has 0 aliphatic carbocycles. The van der Waals surface area contributed by atoms with Gasteiger partial charge in [0.25, 0.3) is 0 Å². The van der Waals surface area contributed by atoms with Crippen molar-refractivity contribution in [2.24, 2.45) is 0 Å². The van der Waals surface area contributed by atoms with E-state index in [0.29, 0.717) is 22.7 Å². The van der Waals surface area contributed by atoms with Gasteiger partial charge in [-0.3, -0.25) is 9.59 Å². The third-order valence-corrected chi connectivity index (χ3v) is 5.28. The van der Waals surface area contributed by atoms with Crippen molar-refractivity contribution in [3.05, 3.63) is 11.8 Å². The minimum Gasteiger partial charge on any atom is -0.480 e. The first kappa shape index (κ1) is 13.4. The Morgan fingerprint density at radius 1 is 1.60 bits per heavy atom. The quantitative estimate of drug-likeness (QED) is 0.600. The summed E-state index contributed by atoms with van der Waals surface area (Å²) in [6, 6.07) is 0. The van der Waals surface area contributed by atoms with Gasteiger partial charge in [0.1, 0.15) is 6.54 Å². The highest BCUT2D eigenvalue weighted by Crippen LogP contribution is 2.36. The smallest absolute Gasteiger partial charge is 0.325 e. The maximum atomic E-state index is 11.4. The molecule has 1 aromatic rings. The second kappa shape index (κ2) is 5.44. The van der Waals surface area contributed by atoms with E-state index in [0.717, 1.165) is 11.3 Å². The van der Waals surface area contributed by atoms with Crippen molar-refractivity contribution in [2.45, 2.75) is 23.5 Å². The van der Waals surface area contributed by atoms with Crippen molar-refractivity contribution in [3.63, 3.8) is 0 Å². The van der Waals surface area contributed by atoms with Crippen molar-refractivity contribution >= 4 is 35.4 Å². The van der Waals surface area contributed by atoms with Gasteiger partial charge < -0.3 is 10.0 Å². The number of thioether (sulfide) groups is 2. The number of amides is 1. The molecule has 20 heavy (non-hydrogen) atoms. The molecule has 0 aromatic carbocycles. The average Bonchev–Trinajstić information content (AvgIpc) is 2.82. The molecule has 1 aromatic heterocycles. The van der Waals surface area contributed by atoms with Crippen molar-refractivity contribution in [1.82, 2.24) is 25.1 Å². The van der Waals surface area contributed by atoms with Gasteiger partial charge in [-0.25, -0.2) is 4.68 Å². The molecule has 8 nitrogen and oxygen atoms in total. The van der Waals surface area contributed by atoms with E-state index in [1.807, 2.05) is 6.20 Å². The molecule has 0 bridgehead atoms. The summed E-state index contributed by atoms with van der Waals surface area (Å²) in [4.78, 5) is 23.8. The Morgan fingerprint density at radius 2 is 2.45 bits per heavy atom. The van der Waals surface area contributed by atoms with E-state index in [1.165, 1.54) is 16.4 Å². The number of carboxylic acids is 1. The van der Waals surface area contributed by atoms with Gasteiger partial charge in [0.2, 0.25) is 11.1 Å². The summed E-state index contributed by atoms with van der Waals surface area (Å²) in [6.07, 6.45) is 2.52. The van der Waals surface area contributed by atoms with Crippen LogP contribution in [0.25, 0.3) is 0 Å². The number of carboxylic acid groups (broad SMARTS) is 1. The molecule has 3 heterocycles. The monoisotopic (exact) mass is 313 g/mol. The van der Waals surface area contributed by atoms with Gasteiger partial charge in [-0.1, -0.05) is 11.8 Å². The molecule has 0 unspecified atom stereocenters. The molecule has 0 saturated carbocycles. The topological polar surface area (TPSA) is 101 Å². The lowest BCUT2D eigenvalue weighted by Crippen LogP contribution is -2.49. The van der Waals surface area contributed by atoms with E-state index >= 15 is 0 Å². The highest BCUT2D eigenvalue weighted by molar-refractivity contribution is 8.00. The molecule has 0 radical (unpaired) electrons. The van der Waals surface area contributed by atoms with Crippen molar-refractivity contribution in [2.75, 3.05) is 11.5 Å². The molecule has 1 atom stereocenters. The number of β-lactam (4-membered cyclic amide) rings is 1. The second-order valence-electron chi connectivity index (χ2n) is 4.36. The number of rotatable bonds is 5. The van der Waals surface area contributed by atoms with Crippen LogP contribution < -0.4 is 0 Å². The van der Waals surface area contributed by atoms with Crippen molar-refractivity contribution in [1.29, 1.82) is 0 Å². The molecule has 1 amide bonds. The Bertz CT molecular complexity index is 587. The molecule has 106 valence electrons.